The number of allylic oxidation sites excluding steroid dienone is 4. The second kappa shape index (κ2) is 39.0. The molecular formula is C46H89NO8P+. The molecule has 1 N–H and O–H groups in total. The van der Waals surface area contributed by atoms with Crippen molar-refractivity contribution in [3.63, 3.8) is 0 Å². The Morgan fingerprint density at radius 2 is 0.982 bits per heavy atom. The van der Waals surface area contributed by atoms with Gasteiger partial charge in [0.2, 0.25) is 0 Å². The van der Waals surface area contributed by atoms with Crippen LogP contribution in [0.3, 0.4) is 0 Å². The predicted molar refractivity (Wildman–Crippen MR) is 234 cm³/mol. The maximum atomic E-state index is 12.7. The van der Waals surface area contributed by atoms with Gasteiger partial charge in [-0.25, -0.2) is 4.57 Å². The van der Waals surface area contributed by atoms with Crippen molar-refractivity contribution in [1.82, 2.24) is 0 Å². The Labute approximate surface area is 345 Å². The highest BCUT2D eigenvalue weighted by atomic mass is 31.2. The number of ether oxygens (including phenoxy) is 2. The number of phosphoric ester groups is 1. The van der Waals surface area contributed by atoms with Crippen molar-refractivity contribution in [3.05, 3.63) is 24.3 Å². The smallest absolute Gasteiger partial charge is 0.462 e. The predicted octanol–water partition coefficient (Wildman–Crippen LogP) is 13.1. The van der Waals surface area contributed by atoms with Crippen molar-refractivity contribution in [2.75, 3.05) is 47.5 Å². The van der Waals surface area contributed by atoms with Gasteiger partial charge in [0, 0.05) is 12.8 Å². The van der Waals surface area contributed by atoms with Crippen LogP contribution in [-0.4, -0.2) is 74.9 Å². The fourth-order valence-corrected chi connectivity index (χ4v) is 7.07. The Morgan fingerprint density at radius 1 is 0.554 bits per heavy atom. The van der Waals surface area contributed by atoms with Crippen molar-refractivity contribution in [2.24, 2.45) is 0 Å². The summed E-state index contributed by atoms with van der Waals surface area (Å²) in [6.45, 7) is 4.39. The number of hydrogen-bond acceptors (Lipinski definition) is 7. The third-order valence-corrected chi connectivity index (χ3v) is 11.0. The molecule has 0 amide bonds. The zero-order valence-electron chi connectivity index (χ0n) is 37.1. The highest BCUT2D eigenvalue weighted by Crippen LogP contribution is 2.43. The maximum absolute atomic E-state index is 12.7. The molecule has 0 aliphatic carbocycles. The number of nitrogens with zero attached hydrogens (tertiary/aromatic N) is 1. The molecule has 1 unspecified atom stereocenters. The van der Waals surface area contributed by atoms with Gasteiger partial charge in [0.1, 0.15) is 19.8 Å². The van der Waals surface area contributed by atoms with Crippen LogP contribution in [0.2, 0.25) is 0 Å². The van der Waals surface area contributed by atoms with Gasteiger partial charge in [0.05, 0.1) is 27.7 Å². The van der Waals surface area contributed by atoms with Crippen LogP contribution < -0.4 is 0 Å². The molecule has 0 aliphatic rings. The van der Waals surface area contributed by atoms with Crippen molar-refractivity contribution in [1.29, 1.82) is 0 Å². The van der Waals surface area contributed by atoms with Gasteiger partial charge >= 0.3 is 19.8 Å². The molecule has 2 atom stereocenters. The van der Waals surface area contributed by atoms with Crippen LogP contribution in [-0.2, 0) is 32.7 Å². The minimum absolute atomic E-state index is 0.0306. The number of rotatable bonds is 42. The van der Waals surface area contributed by atoms with E-state index < -0.39 is 26.5 Å². The van der Waals surface area contributed by atoms with Crippen molar-refractivity contribution >= 4 is 19.8 Å². The summed E-state index contributed by atoms with van der Waals surface area (Å²) < 4.78 is 34.3. The van der Waals surface area contributed by atoms with Gasteiger partial charge in [-0.1, -0.05) is 179 Å². The van der Waals surface area contributed by atoms with E-state index in [4.69, 9.17) is 18.5 Å². The van der Waals surface area contributed by atoms with Crippen molar-refractivity contribution in [3.8, 4) is 0 Å². The van der Waals surface area contributed by atoms with Crippen LogP contribution in [0.1, 0.15) is 206 Å². The molecule has 0 saturated carbocycles. The highest BCUT2D eigenvalue weighted by molar-refractivity contribution is 7.47. The number of quaternary nitrogens is 1. The van der Waals surface area contributed by atoms with E-state index in [-0.39, 0.29) is 25.6 Å². The lowest BCUT2D eigenvalue weighted by Crippen LogP contribution is -2.37. The Bertz CT molecular complexity index is 1010. The van der Waals surface area contributed by atoms with E-state index >= 15 is 0 Å². The largest absolute Gasteiger partial charge is 0.472 e. The second-order valence-electron chi connectivity index (χ2n) is 16.8. The summed E-state index contributed by atoms with van der Waals surface area (Å²) in [7, 11) is 1.47. The van der Waals surface area contributed by atoms with Crippen LogP contribution >= 0.6 is 7.82 Å². The van der Waals surface area contributed by atoms with E-state index in [1.54, 1.807) is 0 Å². The van der Waals surface area contributed by atoms with Gasteiger partial charge in [0.15, 0.2) is 6.10 Å². The topological polar surface area (TPSA) is 108 Å². The van der Waals surface area contributed by atoms with Gasteiger partial charge in [0.25, 0.3) is 0 Å². The van der Waals surface area contributed by atoms with Crippen LogP contribution in [0.5, 0.6) is 0 Å². The van der Waals surface area contributed by atoms with Crippen molar-refractivity contribution < 1.29 is 42.1 Å². The monoisotopic (exact) mass is 815 g/mol. The number of phosphoric acid groups is 1. The molecule has 0 aromatic heterocycles. The quantitative estimate of drug-likeness (QED) is 0.0213. The minimum Gasteiger partial charge on any atom is -0.462 e. The summed E-state index contributed by atoms with van der Waals surface area (Å²) in [5.41, 5.74) is 0. The summed E-state index contributed by atoms with van der Waals surface area (Å²) in [5.74, 6) is -0.806. The van der Waals surface area contributed by atoms with Crippen LogP contribution in [0.4, 0.5) is 0 Å². The number of hydrogen-bond donors (Lipinski definition) is 1. The lowest BCUT2D eigenvalue weighted by atomic mass is 10.0. The average Bonchev–Trinajstić information content (AvgIpc) is 3.15. The molecule has 0 bridgehead atoms. The van der Waals surface area contributed by atoms with E-state index in [1.165, 1.54) is 109 Å². The first kappa shape index (κ1) is 54.5. The molecule has 0 fully saturated rings. The molecule has 56 heavy (non-hydrogen) atoms. The second-order valence-corrected chi connectivity index (χ2v) is 18.2. The van der Waals surface area contributed by atoms with Crippen LogP contribution in [0.15, 0.2) is 24.3 Å². The molecule has 10 heteroatoms. The lowest BCUT2D eigenvalue weighted by Gasteiger charge is -2.24. The van der Waals surface area contributed by atoms with Crippen molar-refractivity contribution in [2.45, 2.75) is 213 Å². The average molecular weight is 815 g/mol. The Kier molecular flexibility index (Phi) is 37.9. The van der Waals surface area contributed by atoms with Gasteiger partial charge in [-0.15, -0.1) is 0 Å². The molecule has 330 valence electrons. The number of carbonyl (C=O) groups excluding carboxylic acids is 2. The molecule has 0 aromatic carbocycles. The molecule has 0 rings (SSSR count). The molecular weight excluding hydrogens is 725 g/mol. The summed E-state index contributed by atoms with van der Waals surface area (Å²) >= 11 is 0. The normalized spacial score (nSPS) is 13.8. The standard InChI is InChI=1S/C46H88NO8P/c1-6-8-10-12-14-16-18-20-22-23-24-25-27-28-30-32-34-36-38-45(48)52-42-44(43-54-56(50,51)53-41-40-47(3,4)5)55-46(49)39-37-35-33-31-29-26-21-19-17-15-13-11-9-7-2/h13,15,19,21,44H,6-12,14,16-18,20,22-43H2,1-5H3/p+1/b15-13+,21-19+/t44-/m0/s1. The lowest BCUT2D eigenvalue weighted by molar-refractivity contribution is -0.870. The highest BCUT2D eigenvalue weighted by Gasteiger charge is 2.27. The third-order valence-electron chi connectivity index (χ3n) is 9.98. The number of unbranched alkanes of at least 4 members (excludes halogenated alkanes) is 24. The van der Waals surface area contributed by atoms with E-state index in [1.807, 2.05) is 21.1 Å². The number of likely N-dealkylation sites (N-methyl/N-ethyl adjacent to an activating group) is 1. The zero-order chi connectivity index (χ0) is 41.4. The Balaban J connectivity index is 4.30. The molecule has 0 aliphatic heterocycles. The first-order valence-electron chi connectivity index (χ1n) is 23.1. The zero-order valence-corrected chi connectivity index (χ0v) is 38.0. The molecule has 0 heterocycles. The first-order chi connectivity index (χ1) is 27.0. The van der Waals surface area contributed by atoms with Gasteiger partial charge in [-0.2, -0.15) is 0 Å². The molecule has 0 spiro atoms. The minimum atomic E-state index is -4.37. The first-order valence-corrected chi connectivity index (χ1v) is 24.6. The number of carbonyl (C=O) groups is 2. The Hall–Kier alpha value is -1.51. The van der Waals surface area contributed by atoms with E-state index in [0.717, 1.165) is 64.2 Å². The maximum Gasteiger partial charge on any atom is 0.472 e. The number of esters is 2. The van der Waals surface area contributed by atoms with Crippen LogP contribution in [0.25, 0.3) is 0 Å². The van der Waals surface area contributed by atoms with Gasteiger partial charge < -0.3 is 18.9 Å². The van der Waals surface area contributed by atoms with Gasteiger partial charge in [-0.3, -0.25) is 18.6 Å². The van der Waals surface area contributed by atoms with E-state index in [2.05, 4.69) is 38.2 Å². The Morgan fingerprint density at radius 3 is 1.46 bits per heavy atom. The summed E-state index contributed by atoms with van der Waals surface area (Å²) in [4.78, 5) is 35.4. The van der Waals surface area contributed by atoms with E-state index in [0.29, 0.717) is 23.9 Å². The third kappa shape index (κ3) is 42.1. The fraction of sp³-hybridized carbons (Fsp3) is 0.870. The molecule has 0 aromatic rings. The molecule has 0 saturated heterocycles. The summed E-state index contributed by atoms with van der Waals surface area (Å²) in [6.07, 6.45) is 42.2. The van der Waals surface area contributed by atoms with Gasteiger partial charge in [-0.05, 0) is 38.5 Å². The molecule has 9 nitrogen and oxygen atoms in total. The SMILES string of the molecule is CCCC/C=C/C/C=C/CCCCCCCC(=O)O[C@@H](COC(=O)CCCCCCCCCCCCCCCCCCCC)COP(=O)(O)OCC[N+](C)(C)C. The molecule has 0 radical (unpaired) electrons. The van der Waals surface area contributed by atoms with E-state index in [9.17, 15) is 19.0 Å². The fourth-order valence-electron chi connectivity index (χ4n) is 6.33. The summed E-state index contributed by atoms with van der Waals surface area (Å²) in [5, 5.41) is 0. The summed E-state index contributed by atoms with van der Waals surface area (Å²) in [6, 6.07) is 0. The van der Waals surface area contributed by atoms with Crippen LogP contribution in [0, 0.1) is 0 Å².